The predicted molar refractivity (Wildman–Crippen MR) is 72.0 cm³/mol. The number of hydrogen-bond donors (Lipinski definition) is 2. The third kappa shape index (κ3) is 5.07. The van der Waals surface area contributed by atoms with Gasteiger partial charge in [-0.05, 0) is 58.0 Å². The smallest absolute Gasteiger partial charge is 0.220 e. The van der Waals surface area contributed by atoms with Gasteiger partial charge in [-0.3, -0.25) is 4.79 Å². The Labute approximate surface area is 106 Å². The van der Waals surface area contributed by atoms with E-state index in [1.165, 1.54) is 12.8 Å². The van der Waals surface area contributed by atoms with Crippen LogP contribution in [0.4, 0.5) is 0 Å². The van der Waals surface area contributed by atoms with E-state index in [2.05, 4.69) is 31.4 Å². The second-order valence-electron chi connectivity index (χ2n) is 5.55. The Bertz CT molecular complexity index is 230. The molecule has 0 unspecified atom stereocenters. The van der Waals surface area contributed by atoms with Gasteiger partial charge in [0.1, 0.15) is 0 Å². The third-order valence-electron chi connectivity index (χ3n) is 4.24. The van der Waals surface area contributed by atoms with Gasteiger partial charge in [-0.1, -0.05) is 13.8 Å². The number of carbonyl (C=O) groups is 1. The lowest BCUT2D eigenvalue weighted by Gasteiger charge is -2.29. The second-order valence-corrected chi connectivity index (χ2v) is 5.55. The summed E-state index contributed by atoms with van der Waals surface area (Å²) in [7, 11) is 0. The summed E-state index contributed by atoms with van der Waals surface area (Å²) in [5.41, 5.74) is -0.00873. The van der Waals surface area contributed by atoms with E-state index in [1.807, 2.05) is 0 Å². The van der Waals surface area contributed by atoms with Crippen molar-refractivity contribution in [2.75, 3.05) is 13.1 Å². The largest absolute Gasteiger partial charge is 0.351 e. The molecular weight excluding hydrogens is 212 g/mol. The molecule has 17 heavy (non-hydrogen) atoms. The van der Waals surface area contributed by atoms with Gasteiger partial charge in [-0.15, -0.1) is 0 Å². The molecule has 1 heterocycles. The number of nitrogens with one attached hydrogen (secondary N) is 2. The van der Waals surface area contributed by atoms with Gasteiger partial charge in [0.25, 0.3) is 0 Å². The van der Waals surface area contributed by atoms with Crippen LogP contribution in [0.15, 0.2) is 0 Å². The molecule has 0 radical (unpaired) electrons. The van der Waals surface area contributed by atoms with Crippen molar-refractivity contribution in [3.8, 4) is 0 Å². The summed E-state index contributed by atoms with van der Waals surface area (Å²) in [6, 6.07) is 0. The van der Waals surface area contributed by atoms with Crippen LogP contribution in [0.3, 0.4) is 0 Å². The lowest BCUT2D eigenvalue weighted by atomic mass is 9.92. The number of rotatable bonds is 6. The molecule has 0 aromatic carbocycles. The third-order valence-corrected chi connectivity index (χ3v) is 4.24. The zero-order valence-electron chi connectivity index (χ0n) is 11.6. The molecule has 1 fully saturated rings. The summed E-state index contributed by atoms with van der Waals surface area (Å²) < 4.78 is 0. The molecule has 1 aliphatic heterocycles. The summed E-state index contributed by atoms with van der Waals surface area (Å²) in [6.45, 7) is 8.64. The molecule has 1 rings (SSSR count). The Morgan fingerprint density at radius 2 is 1.88 bits per heavy atom. The molecule has 100 valence electrons. The molecule has 2 N–H and O–H groups in total. The van der Waals surface area contributed by atoms with Crippen molar-refractivity contribution >= 4 is 5.91 Å². The van der Waals surface area contributed by atoms with Crippen molar-refractivity contribution in [3.63, 3.8) is 0 Å². The van der Waals surface area contributed by atoms with Gasteiger partial charge in [-0.2, -0.15) is 0 Å². The van der Waals surface area contributed by atoms with E-state index in [4.69, 9.17) is 0 Å². The zero-order chi connectivity index (χ0) is 12.7. The van der Waals surface area contributed by atoms with Gasteiger partial charge >= 0.3 is 0 Å². The maximum Gasteiger partial charge on any atom is 0.220 e. The first-order valence-electron chi connectivity index (χ1n) is 7.11. The molecule has 0 spiro atoms. The minimum Gasteiger partial charge on any atom is -0.351 e. The van der Waals surface area contributed by atoms with Gasteiger partial charge in [0.15, 0.2) is 0 Å². The highest BCUT2D eigenvalue weighted by molar-refractivity contribution is 5.76. The summed E-state index contributed by atoms with van der Waals surface area (Å²) in [5.74, 6) is 0.978. The molecule has 1 amide bonds. The molecule has 3 nitrogen and oxygen atoms in total. The first-order valence-corrected chi connectivity index (χ1v) is 7.11. The van der Waals surface area contributed by atoms with Gasteiger partial charge in [0.05, 0.1) is 0 Å². The van der Waals surface area contributed by atoms with E-state index < -0.39 is 0 Å². The maximum atomic E-state index is 11.9. The monoisotopic (exact) mass is 240 g/mol. The van der Waals surface area contributed by atoms with Crippen molar-refractivity contribution in [2.24, 2.45) is 5.92 Å². The molecular formula is C14H28N2O. The van der Waals surface area contributed by atoms with Gasteiger partial charge < -0.3 is 10.6 Å². The molecule has 0 saturated carbocycles. The van der Waals surface area contributed by atoms with E-state index in [1.54, 1.807) is 0 Å². The standard InChI is InChI=1S/C14H28N2O/c1-4-14(3,5-2)16-13(17)7-6-12-8-10-15-11-9-12/h12,15H,4-11H2,1-3H3,(H,16,17). The fraction of sp³-hybridized carbons (Fsp3) is 0.929. The van der Waals surface area contributed by atoms with E-state index >= 15 is 0 Å². The van der Waals surface area contributed by atoms with E-state index in [-0.39, 0.29) is 11.4 Å². The Balaban J connectivity index is 2.24. The highest BCUT2D eigenvalue weighted by Gasteiger charge is 2.22. The number of piperidine rings is 1. The number of hydrogen-bond acceptors (Lipinski definition) is 2. The average Bonchev–Trinajstić information content (AvgIpc) is 2.37. The van der Waals surface area contributed by atoms with Gasteiger partial charge in [0, 0.05) is 12.0 Å². The van der Waals surface area contributed by atoms with Crippen LogP contribution in [0.1, 0.15) is 59.3 Å². The Morgan fingerprint density at radius 3 is 2.41 bits per heavy atom. The van der Waals surface area contributed by atoms with E-state index in [9.17, 15) is 4.79 Å². The van der Waals surface area contributed by atoms with Crippen molar-refractivity contribution in [3.05, 3.63) is 0 Å². The normalized spacial score (nSPS) is 18.1. The summed E-state index contributed by atoms with van der Waals surface area (Å²) in [4.78, 5) is 11.9. The fourth-order valence-corrected chi connectivity index (χ4v) is 2.33. The lowest BCUT2D eigenvalue weighted by molar-refractivity contribution is -0.123. The van der Waals surface area contributed by atoms with Crippen LogP contribution >= 0.6 is 0 Å². The first-order chi connectivity index (χ1) is 8.09. The minimum absolute atomic E-state index is 0.00873. The molecule has 1 saturated heterocycles. The van der Waals surface area contributed by atoms with Crippen molar-refractivity contribution in [1.82, 2.24) is 10.6 Å². The van der Waals surface area contributed by atoms with Crippen LogP contribution < -0.4 is 10.6 Å². The summed E-state index contributed by atoms with van der Waals surface area (Å²) in [6.07, 6.45) is 6.21. The topological polar surface area (TPSA) is 41.1 Å². The van der Waals surface area contributed by atoms with Crippen molar-refractivity contribution < 1.29 is 4.79 Å². The van der Waals surface area contributed by atoms with E-state index in [0.29, 0.717) is 6.42 Å². The van der Waals surface area contributed by atoms with Crippen LogP contribution in [0.2, 0.25) is 0 Å². The van der Waals surface area contributed by atoms with Gasteiger partial charge in [-0.25, -0.2) is 0 Å². The Morgan fingerprint density at radius 1 is 1.29 bits per heavy atom. The molecule has 0 aromatic rings. The van der Waals surface area contributed by atoms with Crippen LogP contribution in [0, 0.1) is 5.92 Å². The lowest BCUT2D eigenvalue weighted by Crippen LogP contribution is -2.45. The maximum absolute atomic E-state index is 11.9. The van der Waals surface area contributed by atoms with Crippen LogP contribution in [-0.2, 0) is 4.79 Å². The quantitative estimate of drug-likeness (QED) is 0.749. The molecule has 1 aliphatic rings. The SMILES string of the molecule is CCC(C)(CC)NC(=O)CCC1CCNCC1. The van der Waals surface area contributed by atoms with Crippen molar-refractivity contribution in [2.45, 2.75) is 64.8 Å². The minimum atomic E-state index is -0.00873. The average molecular weight is 240 g/mol. The highest BCUT2D eigenvalue weighted by Crippen LogP contribution is 2.19. The number of carbonyl (C=O) groups excluding carboxylic acids is 1. The van der Waals surface area contributed by atoms with Crippen LogP contribution in [0.5, 0.6) is 0 Å². The summed E-state index contributed by atoms with van der Waals surface area (Å²) in [5, 5.41) is 6.54. The van der Waals surface area contributed by atoms with Crippen LogP contribution in [-0.4, -0.2) is 24.5 Å². The van der Waals surface area contributed by atoms with Crippen LogP contribution in [0.25, 0.3) is 0 Å². The van der Waals surface area contributed by atoms with E-state index in [0.717, 1.165) is 38.3 Å². The molecule has 0 aromatic heterocycles. The van der Waals surface area contributed by atoms with Gasteiger partial charge in [0.2, 0.25) is 5.91 Å². The molecule has 0 bridgehead atoms. The molecule has 0 aliphatic carbocycles. The second kappa shape index (κ2) is 7.00. The fourth-order valence-electron chi connectivity index (χ4n) is 2.33. The predicted octanol–water partition coefficient (Wildman–Crippen LogP) is 2.46. The number of amides is 1. The Kier molecular flexibility index (Phi) is 5.96. The summed E-state index contributed by atoms with van der Waals surface area (Å²) >= 11 is 0. The molecule has 0 atom stereocenters. The Hall–Kier alpha value is -0.570. The molecule has 3 heteroatoms. The van der Waals surface area contributed by atoms with Crippen molar-refractivity contribution in [1.29, 1.82) is 0 Å². The highest BCUT2D eigenvalue weighted by atomic mass is 16.1. The first kappa shape index (κ1) is 14.5. The zero-order valence-corrected chi connectivity index (χ0v) is 11.6.